The van der Waals surface area contributed by atoms with E-state index in [2.05, 4.69) is 0 Å². The lowest BCUT2D eigenvalue weighted by molar-refractivity contribution is -0.137. The molecule has 1 rings (SSSR count). The summed E-state index contributed by atoms with van der Waals surface area (Å²) in [7, 11) is 1.66. The molecule has 1 saturated heterocycles. The summed E-state index contributed by atoms with van der Waals surface area (Å²) in [4.78, 5) is 11.8. The third-order valence-corrected chi connectivity index (χ3v) is 2.74. The first-order valence-electron chi connectivity index (χ1n) is 5.40. The Balaban J connectivity index is 2.30. The van der Waals surface area contributed by atoms with Crippen molar-refractivity contribution in [3.63, 3.8) is 0 Å². The summed E-state index contributed by atoms with van der Waals surface area (Å²) in [6.07, 6.45) is 3.77. The number of carbonyl (C=O) groups is 1. The van der Waals surface area contributed by atoms with E-state index in [1.165, 1.54) is 0 Å². The predicted octanol–water partition coefficient (Wildman–Crippen LogP) is 1.80. The molecule has 0 saturated carbocycles. The molecule has 0 spiro atoms. The highest BCUT2D eigenvalue weighted by atomic mass is 16.5. The zero-order valence-corrected chi connectivity index (χ0v) is 9.12. The maximum absolute atomic E-state index is 11.8. The van der Waals surface area contributed by atoms with Crippen LogP contribution in [0.3, 0.4) is 0 Å². The molecular weight excluding hydrogens is 180 g/mol. The number of rotatable bonds is 5. The third-order valence-electron chi connectivity index (χ3n) is 2.74. The lowest BCUT2D eigenvalue weighted by Crippen LogP contribution is -2.32. The molecule has 0 radical (unpaired) electrons. The van der Waals surface area contributed by atoms with Crippen molar-refractivity contribution >= 4 is 5.78 Å². The second-order valence-electron chi connectivity index (χ2n) is 3.94. The molecular formula is C11H20O3. The van der Waals surface area contributed by atoms with Crippen LogP contribution in [-0.2, 0) is 14.3 Å². The Hall–Kier alpha value is -0.410. The summed E-state index contributed by atoms with van der Waals surface area (Å²) in [5.41, 5.74) is 0. The third kappa shape index (κ3) is 3.39. The summed E-state index contributed by atoms with van der Waals surface area (Å²) >= 11 is 0. The second-order valence-corrected chi connectivity index (χ2v) is 3.94. The van der Waals surface area contributed by atoms with Crippen molar-refractivity contribution in [1.29, 1.82) is 0 Å². The Kier molecular flexibility index (Phi) is 5.12. The molecule has 0 N–H and O–H groups in total. The highest BCUT2D eigenvalue weighted by Crippen LogP contribution is 2.18. The topological polar surface area (TPSA) is 35.5 Å². The summed E-state index contributed by atoms with van der Waals surface area (Å²) in [6.45, 7) is 3.35. The summed E-state index contributed by atoms with van der Waals surface area (Å²) in [5, 5.41) is 0. The monoisotopic (exact) mass is 200 g/mol. The van der Waals surface area contributed by atoms with Crippen LogP contribution in [0, 0.1) is 5.92 Å². The molecule has 14 heavy (non-hydrogen) atoms. The van der Waals surface area contributed by atoms with Crippen molar-refractivity contribution < 1.29 is 14.3 Å². The fourth-order valence-electron chi connectivity index (χ4n) is 1.72. The number of ketones is 1. The van der Waals surface area contributed by atoms with Crippen molar-refractivity contribution in [1.82, 2.24) is 0 Å². The van der Waals surface area contributed by atoms with Crippen molar-refractivity contribution in [2.24, 2.45) is 5.92 Å². The maximum Gasteiger partial charge on any atom is 0.164 e. The van der Waals surface area contributed by atoms with Gasteiger partial charge in [0.25, 0.3) is 0 Å². The van der Waals surface area contributed by atoms with Gasteiger partial charge in [0.1, 0.15) is 6.10 Å². The summed E-state index contributed by atoms with van der Waals surface area (Å²) < 4.78 is 10.4. The van der Waals surface area contributed by atoms with Gasteiger partial charge < -0.3 is 9.47 Å². The van der Waals surface area contributed by atoms with Crippen LogP contribution in [0.1, 0.15) is 32.6 Å². The molecule has 0 aromatic carbocycles. The van der Waals surface area contributed by atoms with Crippen LogP contribution in [0.4, 0.5) is 0 Å². The molecule has 0 bridgehead atoms. The Labute approximate surface area is 85.8 Å². The van der Waals surface area contributed by atoms with Gasteiger partial charge in [-0.05, 0) is 25.7 Å². The largest absolute Gasteiger partial charge is 0.385 e. The molecule has 0 amide bonds. The fourth-order valence-corrected chi connectivity index (χ4v) is 1.72. The Morgan fingerprint density at radius 3 is 2.93 bits per heavy atom. The molecule has 1 heterocycles. The highest BCUT2D eigenvalue weighted by Gasteiger charge is 2.25. The Morgan fingerprint density at radius 2 is 2.36 bits per heavy atom. The van der Waals surface area contributed by atoms with E-state index in [-0.39, 0.29) is 17.8 Å². The number of carbonyl (C=O) groups excluding carboxylic acids is 1. The van der Waals surface area contributed by atoms with E-state index in [9.17, 15) is 4.79 Å². The lowest BCUT2D eigenvalue weighted by atomic mass is 9.94. The fraction of sp³-hybridized carbons (Fsp3) is 0.909. The number of hydrogen-bond donors (Lipinski definition) is 0. The van der Waals surface area contributed by atoms with Gasteiger partial charge in [0, 0.05) is 26.2 Å². The van der Waals surface area contributed by atoms with Crippen LogP contribution < -0.4 is 0 Å². The van der Waals surface area contributed by atoms with Gasteiger partial charge in [-0.25, -0.2) is 0 Å². The minimum absolute atomic E-state index is 0.0676. The van der Waals surface area contributed by atoms with E-state index < -0.39 is 0 Å². The Morgan fingerprint density at radius 1 is 1.57 bits per heavy atom. The first-order chi connectivity index (χ1) is 6.75. The first kappa shape index (κ1) is 11.7. The molecule has 2 atom stereocenters. The Bertz CT molecular complexity index is 173. The van der Waals surface area contributed by atoms with Crippen molar-refractivity contribution in [3.8, 4) is 0 Å². The maximum atomic E-state index is 11.8. The van der Waals surface area contributed by atoms with Crippen LogP contribution >= 0.6 is 0 Å². The van der Waals surface area contributed by atoms with Crippen LogP contribution in [-0.4, -0.2) is 32.2 Å². The van der Waals surface area contributed by atoms with E-state index in [4.69, 9.17) is 9.47 Å². The van der Waals surface area contributed by atoms with Crippen molar-refractivity contribution in [3.05, 3.63) is 0 Å². The molecule has 0 aromatic rings. The molecule has 82 valence electrons. The lowest BCUT2D eigenvalue weighted by Gasteiger charge is -2.23. The quantitative estimate of drug-likeness (QED) is 0.678. The molecule has 2 unspecified atom stereocenters. The molecule has 0 aromatic heterocycles. The first-order valence-corrected chi connectivity index (χ1v) is 5.40. The van der Waals surface area contributed by atoms with Crippen LogP contribution in [0.15, 0.2) is 0 Å². The number of Topliss-reactive ketones (excluding diaryl/α,β-unsaturated/α-hetero) is 1. The standard InChI is InChI=1S/C11H20O3/c1-9(6-8-13-2)11(12)10-5-3-4-7-14-10/h9-10H,3-8H2,1-2H3. The number of hydrogen-bond acceptors (Lipinski definition) is 3. The molecule has 3 nitrogen and oxygen atoms in total. The van der Waals surface area contributed by atoms with Crippen LogP contribution in [0.25, 0.3) is 0 Å². The van der Waals surface area contributed by atoms with Gasteiger partial charge in [-0.2, -0.15) is 0 Å². The number of methoxy groups -OCH3 is 1. The van der Waals surface area contributed by atoms with E-state index in [0.29, 0.717) is 6.61 Å². The number of ether oxygens (including phenoxy) is 2. The normalized spacial score (nSPS) is 24.6. The van der Waals surface area contributed by atoms with Crippen molar-refractivity contribution in [2.45, 2.75) is 38.7 Å². The van der Waals surface area contributed by atoms with Crippen LogP contribution in [0.5, 0.6) is 0 Å². The van der Waals surface area contributed by atoms with Gasteiger partial charge in [0.05, 0.1) is 0 Å². The van der Waals surface area contributed by atoms with E-state index >= 15 is 0 Å². The van der Waals surface area contributed by atoms with Gasteiger partial charge in [-0.15, -0.1) is 0 Å². The van der Waals surface area contributed by atoms with Gasteiger partial charge in [0.15, 0.2) is 5.78 Å². The van der Waals surface area contributed by atoms with Crippen molar-refractivity contribution in [2.75, 3.05) is 20.3 Å². The molecule has 3 heteroatoms. The molecule has 1 aliphatic rings. The molecule has 1 fully saturated rings. The zero-order valence-electron chi connectivity index (χ0n) is 9.12. The second kappa shape index (κ2) is 6.14. The van der Waals surface area contributed by atoms with Gasteiger partial charge >= 0.3 is 0 Å². The van der Waals surface area contributed by atoms with E-state index in [1.807, 2.05) is 6.92 Å². The van der Waals surface area contributed by atoms with Crippen LogP contribution in [0.2, 0.25) is 0 Å². The average molecular weight is 200 g/mol. The SMILES string of the molecule is COCCC(C)C(=O)C1CCCCO1. The summed E-state index contributed by atoms with van der Waals surface area (Å²) in [6, 6.07) is 0. The van der Waals surface area contributed by atoms with E-state index in [0.717, 1.165) is 32.3 Å². The predicted molar refractivity (Wildman–Crippen MR) is 54.3 cm³/mol. The minimum Gasteiger partial charge on any atom is -0.385 e. The van der Waals surface area contributed by atoms with Gasteiger partial charge in [-0.1, -0.05) is 6.92 Å². The van der Waals surface area contributed by atoms with E-state index in [1.54, 1.807) is 7.11 Å². The molecule has 0 aliphatic carbocycles. The highest BCUT2D eigenvalue weighted by molar-refractivity contribution is 5.85. The van der Waals surface area contributed by atoms with Gasteiger partial charge in [0.2, 0.25) is 0 Å². The smallest absolute Gasteiger partial charge is 0.164 e. The van der Waals surface area contributed by atoms with Gasteiger partial charge in [-0.3, -0.25) is 4.79 Å². The molecule has 1 aliphatic heterocycles. The summed E-state index contributed by atoms with van der Waals surface area (Å²) in [5.74, 6) is 0.319. The minimum atomic E-state index is -0.143. The average Bonchev–Trinajstić information content (AvgIpc) is 2.26. The zero-order chi connectivity index (χ0) is 10.4.